The standard InChI is InChI=1S/C19H34N2O6/c1-10(2)18-6-20-8-19(11(3)4,17(18)27)9-21(7-18)16(20)15(26)14(25)13(24)12(23)5-22/h10-16,22-26H,5-9H2,1-4H3/t12-,13+,14-,15-,16?,18?,19?/m0/s1. The van der Waals surface area contributed by atoms with Crippen LogP contribution in [0.15, 0.2) is 0 Å². The van der Waals surface area contributed by atoms with E-state index in [0.717, 1.165) is 0 Å². The molecule has 0 amide bonds. The van der Waals surface area contributed by atoms with Gasteiger partial charge in [-0.25, -0.2) is 0 Å². The van der Waals surface area contributed by atoms with Gasteiger partial charge in [0, 0.05) is 26.2 Å². The van der Waals surface area contributed by atoms with Crippen LogP contribution in [0.25, 0.3) is 0 Å². The molecule has 4 aliphatic heterocycles. The van der Waals surface area contributed by atoms with Gasteiger partial charge in [-0.1, -0.05) is 27.7 Å². The molecular weight excluding hydrogens is 352 g/mol. The molecule has 0 aromatic carbocycles. The van der Waals surface area contributed by atoms with Crippen LogP contribution in [-0.4, -0.2) is 104 Å². The van der Waals surface area contributed by atoms with E-state index >= 15 is 0 Å². The largest absolute Gasteiger partial charge is 0.394 e. The average molecular weight is 386 g/mol. The molecule has 0 saturated carbocycles. The Labute approximate surface area is 160 Å². The van der Waals surface area contributed by atoms with Crippen LogP contribution in [0.5, 0.6) is 0 Å². The molecule has 0 radical (unpaired) electrons. The third-order valence-corrected chi connectivity index (χ3v) is 7.39. The molecule has 0 spiro atoms. The van der Waals surface area contributed by atoms with Crippen molar-refractivity contribution in [1.82, 2.24) is 9.80 Å². The Morgan fingerprint density at radius 2 is 1.30 bits per heavy atom. The first kappa shape index (κ1) is 21.1. The fraction of sp³-hybridized carbons (Fsp3) is 0.947. The van der Waals surface area contributed by atoms with Gasteiger partial charge in [-0.2, -0.15) is 0 Å². The molecule has 0 unspecified atom stereocenters. The van der Waals surface area contributed by atoms with Gasteiger partial charge >= 0.3 is 0 Å². The Morgan fingerprint density at radius 1 is 0.889 bits per heavy atom. The third kappa shape index (κ3) is 2.88. The van der Waals surface area contributed by atoms with E-state index in [0.29, 0.717) is 32.0 Å². The van der Waals surface area contributed by atoms with Gasteiger partial charge in [0.1, 0.15) is 24.4 Å². The van der Waals surface area contributed by atoms with Gasteiger partial charge in [0.25, 0.3) is 0 Å². The maximum absolute atomic E-state index is 13.5. The summed E-state index contributed by atoms with van der Waals surface area (Å²) in [6.07, 6.45) is -6.64. The molecule has 4 bridgehead atoms. The van der Waals surface area contributed by atoms with Gasteiger partial charge in [0.2, 0.25) is 0 Å². The zero-order valence-electron chi connectivity index (χ0n) is 16.6. The second-order valence-electron chi connectivity index (χ2n) is 9.40. The minimum atomic E-state index is -1.65. The van der Waals surface area contributed by atoms with Crippen molar-refractivity contribution in [3.05, 3.63) is 0 Å². The molecule has 4 fully saturated rings. The fourth-order valence-corrected chi connectivity index (χ4v) is 5.45. The second-order valence-corrected chi connectivity index (χ2v) is 9.40. The highest BCUT2D eigenvalue weighted by Gasteiger charge is 2.68. The van der Waals surface area contributed by atoms with Gasteiger partial charge in [-0.15, -0.1) is 0 Å². The van der Waals surface area contributed by atoms with Gasteiger partial charge in [-0.05, 0) is 11.8 Å². The van der Waals surface area contributed by atoms with Crippen LogP contribution in [0.4, 0.5) is 0 Å². The number of carbonyl (C=O) groups is 1. The van der Waals surface area contributed by atoms with Crippen molar-refractivity contribution in [1.29, 1.82) is 0 Å². The molecule has 8 heteroatoms. The first-order valence-corrected chi connectivity index (χ1v) is 9.88. The summed E-state index contributed by atoms with van der Waals surface area (Å²) in [6.45, 7) is 9.59. The van der Waals surface area contributed by atoms with Gasteiger partial charge in [0.15, 0.2) is 5.78 Å². The molecule has 4 atom stereocenters. The summed E-state index contributed by atoms with van der Waals surface area (Å²) in [4.78, 5) is 17.6. The number of nitrogens with zero attached hydrogens (tertiary/aromatic N) is 2. The Kier molecular flexibility index (Phi) is 5.49. The van der Waals surface area contributed by atoms with Crippen LogP contribution in [0, 0.1) is 22.7 Å². The first-order chi connectivity index (χ1) is 12.5. The molecule has 0 aromatic heterocycles. The monoisotopic (exact) mass is 386 g/mol. The minimum absolute atomic E-state index is 0.151. The maximum Gasteiger partial charge on any atom is 0.150 e. The first-order valence-electron chi connectivity index (χ1n) is 9.88. The zero-order chi connectivity index (χ0) is 20.3. The summed E-state index contributed by atoms with van der Waals surface area (Å²) in [5.41, 5.74) is -0.990. The maximum atomic E-state index is 13.5. The highest BCUT2D eigenvalue weighted by molar-refractivity contribution is 5.94. The van der Waals surface area contributed by atoms with Crippen LogP contribution < -0.4 is 0 Å². The molecule has 4 rings (SSSR count). The number of aliphatic hydroxyl groups is 5. The molecule has 4 aliphatic rings. The van der Waals surface area contributed by atoms with Crippen LogP contribution in [-0.2, 0) is 4.79 Å². The Balaban J connectivity index is 1.91. The molecule has 5 N–H and O–H groups in total. The van der Waals surface area contributed by atoms with Gasteiger partial charge < -0.3 is 25.5 Å². The number of ketones is 1. The molecule has 4 heterocycles. The molecule has 4 saturated heterocycles. The van der Waals surface area contributed by atoms with Crippen molar-refractivity contribution in [2.75, 3.05) is 32.8 Å². The normalized spacial score (nSPS) is 42.6. The van der Waals surface area contributed by atoms with Crippen molar-refractivity contribution in [3.8, 4) is 0 Å². The van der Waals surface area contributed by atoms with E-state index in [9.17, 15) is 25.2 Å². The van der Waals surface area contributed by atoms with E-state index in [4.69, 9.17) is 5.11 Å². The summed E-state index contributed by atoms with van der Waals surface area (Å²) in [5, 5.41) is 49.8. The number of hydrogen-bond acceptors (Lipinski definition) is 8. The second kappa shape index (κ2) is 7.02. The molecular formula is C19H34N2O6. The lowest BCUT2D eigenvalue weighted by atomic mass is 9.53. The van der Waals surface area contributed by atoms with Crippen molar-refractivity contribution in [3.63, 3.8) is 0 Å². The Bertz CT molecular complexity index is 537. The van der Waals surface area contributed by atoms with E-state index < -0.39 is 48.0 Å². The van der Waals surface area contributed by atoms with Crippen molar-refractivity contribution < 1.29 is 30.3 Å². The van der Waals surface area contributed by atoms with Crippen LogP contribution in [0.2, 0.25) is 0 Å². The molecule has 8 nitrogen and oxygen atoms in total. The van der Waals surface area contributed by atoms with Crippen molar-refractivity contribution in [2.45, 2.75) is 58.3 Å². The van der Waals surface area contributed by atoms with Crippen molar-refractivity contribution >= 4 is 5.78 Å². The van der Waals surface area contributed by atoms with Crippen LogP contribution in [0.3, 0.4) is 0 Å². The van der Waals surface area contributed by atoms with E-state index in [-0.39, 0.29) is 11.8 Å². The lowest BCUT2D eigenvalue weighted by Crippen LogP contribution is -2.83. The zero-order valence-corrected chi connectivity index (χ0v) is 16.6. The number of Topliss-reactive ketones (excluding diaryl/α,β-unsaturated/α-hetero) is 1. The SMILES string of the molecule is CC(C)C12CN3CC(C(C)C)(CN(C1)C3[C@@H](O)[C@@H](O)[C@H](O)[C@@H](O)CO)C2=O. The smallest absolute Gasteiger partial charge is 0.150 e. The predicted octanol–water partition coefficient (Wildman–Crippen LogP) is -1.75. The number of carbonyl (C=O) groups excluding carboxylic acids is 1. The summed E-state index contributed by atoms with van der Waals surface area (Å²) in [5.74, 6) is 0.619. The third-order valence-electron chi connectivity index (χ3n) is 7.39. The van der Waals surface area contributed by atoms with E-state index in [2.05, 4.69) is 37.5 Å². The summed E-state index contributed by atoms with van der Waals surface area (Å²) in [7, 11) is 0. The lowest BCUT2D eigenvalue weighted by Gasteiger charge is -2.69. The fourth-order valence-electron chi connectivity index (χ4n) is 5.45. The molecule has 0 aliphatic carbocycles. The molecule has 156 valence electrons. The lowest BCUT2D eigenvalue weighted by molar-refractivity contribution is -0.244. The Hall–Kier alpha value is -0.610. The highest BCUT2D eigenvalue weighted by Crippen LogP contribution is 2.54. The number of aliphatic hydroxyl groups excluding tert-OH is 5. The number of hydrogen-bond donors (Lipinski definition) is 5. The predicted molar refractivity (Wildman–Crippen MR) is 97.6 cm³/mol. The average Bonchev–Trinajstić information content (AvgIpc) is 2.62. The summed E-state index contributed by atoms with van der Waals surface area (Å²) >= 11 is 0. The minimum Gasteiger partial charge on any atom is -0.394 e. The van der Waals surface area contributed by atoms with Gasteiger partial charge in [-0.3, -0.25) is 14.6 Å². The van der Waals surface area contributed by atoms with Crippen molar-refractivity contribution in [2.24, 2.45) is 22.7 Å². The topological polar surface area (TPSA) is 125 Å². The van der Waals surface area contributed by atoms with Crippen LogP contribution >= 0.6 is 0 Å². The number of piperidine rings is 2. The quantitative estimate of drug-likeness (QED) is 0.349. The van der Waals surface area contributed by atoms with E-state index in [1.165, 1.54) is 0 Å². The summed E-state index contributed by atoms with van der Waals surface area (Å²) < 4.78 is 0. The highest BCUT2D eigenvalue weighted by atomic mass is 16.4. The van der Waals surface area contributed by atoms with Gasteiger partial charge in [0.05, 0.1) is 23.6 Å². The number of rotatable bonds is 7. The molecule has 27 heavy (non-hydrogen) atoms. The summed E-state index contributed by atoms with van der Waals surface area (Å²) in [6, 6.07) is 0. The van der Waals surface area contributed by atoms with Crippen LogP contribution in [0.1, 0.15) is 27.7 Å². The molecule has 0 aromatic rings. The van der Waals surface area contributed by atoms with E-state index in [1.54, 1.807) is 0 Å². The Morgan fingerprint density at radius 3 is 1.63 bits per heavy atom. The van der Waals surface area contributed by atoms with E-state index in [1.807, 2.05) is 0 Å².